The van der Waals surface area contributed by atoms with Gasteiger partial charge in [-0.25, -0.2) is 0 Å². The number of rotatable bonds is 55. The summed E-state index contributed by atoms with van der Waals surface area (Å²) >= 11 is 0. The molecule has 0 nitrogen and oxygen atoms in total. The van der Waals surface area contributed by atoms with Gasteiger partial charge in [0.25, 0.3) is 0 Å². The largest absolute Gasteiger partial charge is 0.0654 e. The maximum absolute atomic E-state index is 4.39. The molecule has 0 saturated carbocycles. The molecule has 1 radical (unpaired) electrons. The molecule has 0 atom stereocenters. The van der Waals surface area contributed by atoms with E-state index in [1.165, 1.54) is 353 Å². The Kier molecular flexibility index (Phi) is 49.9. The summed E-state index contributed by atoms with van der Waals surface area (Å²) in [5.74, 6) is 0. The van der Waals surface area contributed by atoms with Crippen molar-refractivity contribution in [3.63, 3.8) is 0 Å². The van der Waals surface area contributed by atoms with Crippen LogP contribution in [0.4, 0.5) is 0 Å². The Labute approximate surface area is 419 Å². The van der Waals surface area contributed by atoms with Crippen LogP contribution in [0.15, 0.2) is 0 Å². The standard InChI is InChI=1S/C66H125/c1-6-11-16-21-26-31-36-41-46-51-56-62-61-63(57-52-47-42-37-32-27-22-17-12-7-2)65(59-54-49-44-39-34-29-24-19-14-9-4)66(60-55-50-45-40-35-30-25-20-15-10-5)64(62)58-53-48-43-38-33-28-23-18-13-8-3/h6-60H2,1-5H3. The van der Waals surface area contributed by atoms with Crippen molar-refractivity contribution >= 4 is 0 Å². The Hall–Kier alpha value is -0.780. The van der Waals surface area contributed by atoms with Crippen molar-refractivity contribution in [2.75, 3.05) is 0 Å². The summed E-state index contributed by atoms with van der Waals surface area (Å²) in [7, 11) is 0. The fraction of sp³-hybridized carbons (Fsp3) is 0.909. The molecule has 1 aromatic rings. The molecule has 0 saturated heterocycles. The first-order valence-corrected chi connectivity index (χ1v) is 31.8. The first kappa shape index (κ1) is 63.2. The zero-order valence-electron chi connectivity index (χ0n) is 46.9. The first-order chi connectivity index (χ1) is 32.7. The molecule has 0 amide bonds. The second kappa shape index (κ2) is 52.1. The molecule has 0 aliphatic heterocycles. The minimum atomic E-state index is 1.29. The van der Waals surface area contributed by atoms with Crippen molar-refractivity contribution in [3.8, 4) is 0 Å². The van der Waals surface area contributed by atoms with Crippen molar-refractivity contribution in [1.29, 1.82) is 0 Å². The van der Waals surface area contributed by atoms with Gasteiger partial charge in [-0.3, -0.25) is 0 Å². The molecule has 0 fully saturated rings. The Bertz CT molecular complexity index is 1010. The SMILES string of the molecule is CCCCCCCCCCCCc1[c]c(CCCCCCCCCCCC)c(CCCCCCCCCCCC)c(CCCCCCCCCCCC)c1CCCCCCCCCCCC. The van der Waals surface area contributed by atoms with Gasteiger partial charge in [0.1, 0.15) is 0 Å². The quantitative estimate of drug-likeness (QED) is 0.0571. The molecule has 0 heterocycles. The molecule has 0 aromatic heterocycles. The number of aryl methyl sites for hydroxylation is 2. The van der Waals surface area contributed by atoms with Gasteiger partial charge >= 0.3 is 0 Å². The third kappa shape index (κ3) is 39.0. The molecule has 0 spiro atoms. The van der Waals surface area contributed by atoms with Crippen molar-refractivity contribution < 1.29 is 0 Å². The van der Waals surface area contributed by atoms with E-state index in [9.17, 15) is 0 Å². The molecule has 0 aliphatic carbocycles. The molecule has 389 valence electrons. The fourth-order valence-electron chi connectivity index (χ4n) is 11.2. The number of unbranched alkanes of at least 4 members (excludes halogenated alkanes) is 45. The molecular formula is C66H125. The van der Waals surface area contributed by atoms with E-state index in [0.717, 1.165) is 0 Å². The minimum absolute atomic E-state index is 1.29. The summed E-state index contributed by atoms with van der Waals surface area (Å²) in [4.78, 5) is 0. The van der Waals surface area contributed by atoms with Crippen molar-refractivity contribution in [3.05, 3.63) is 33.9 Å². The van der Waals surface area contributed by atoms with Crippen LogP contribution in [0.2, 0.25) is 0 Å². The van der Waals surface area contributed by atoms with E-state index >= 15 is 0 Å². The second-order valence-electron chi connectivity index (χ2n) is 22.2. The highest BCUT2D eigenvalue weighted by molar-refractivity contribution is 5.46. The van der Waals surface area contributed by atoms with E-state index in [1.807, 2.05) is 16.7 Å². The predicted molar refractivity (Wildman–Crippen MR) is 303 cm³/mol. The van der Waals surface area contributed by atoms with Crippen LogP contribution in [0.1, 0.15) is 383 Å². The van der Waals surface area contributed by atoms with E-state index in [0.29, 0.717) is 0 Å². The summed E-state index contributed by atoms with van der Waals surface area (Å²) in [5, 5.41) is 0. The van der Waals surface area contributed by atoms with Gasteiger partial charge in [0.2, 0.25) is 0 Å². The molecule has 1 rings (SSSR count). The zero-order valence-corrected chi connectivity index (χ0v) is 46.9. The molecule has 0 unspecified atom stereocenters. The molecule has 0 heteroatoms. The molecule has 0 N–H and O–H groups in total. The average molecular weight is 919 g/mol. The van der Waals surface area contributed by atoms with Gasteiger partial charge in [-0.2, -0.15) is 0 Å². The fourth-order valence-corrected chi connectivity index (χ4v) is 11.2. The van der Waals surface area contributed by atoms with Crippen molar-refractivity contribution in [2.24, 2.45) is 0 Å². The van der Waals surface area contributed by atoms with Crippen LogP contribution in [0.5, 0.6) is 0 Å². The van der Waals surface area contributed by atoms with Gasteiger partial charge in [0.05, 0.1) is 0 Å². The third-order valence-electron chi connectivity index (χ3n) is 15.7. The lowest BCUT2D eigenvalue weighted by Gasteiger charge is -2.24. The first-order valence-electron chi connectivity index (χ1n) is 31.8. The number of hydrogen-bond donors (Lipinski definition) is 0. The molecule has 0 aliphatic rings. The van der Waals surface area contributed by atoms with Crippen LogP contribution in [0.25, 0.3) is 0 Å². The number of benzene rings is 1. The summed E-state index contributed by atoms with van der Waals surface area (Å²) in [6.07, 6.45) is 78.3. The van der Waals surface area contributed by atoms with E-state index in [2.05, 4.69) is 40.7 Å². The summed E-state index contributed by atoms with van der Waals surface area (Å²) in [6, 6.07) is 4.39. The number of hydrogen-bond acceptors (Lipinski definition) is 0. The van der Waals surface area contributed by atoms with Gasteiger partial charge in [-0.05, 0) is 98.1 Å². The van der Waals surface area contributed by atoms with Gasteiger partial charge < -0.3 is 0 Å². The highest BCUT2D eigenvalue weighted by Gasteiger charge is 2.19. The Morgan fingerprint density at radius 3 is 0.515 bits per heavy atom. The monoisotopic (exact) mass is 918 g/mol. The summed E-state index contributed by atoms with van der Waals surface area (Å²) in [6.45, 7) is 11.7. The lowest BCUT2D eigenvalue weighted by molar-refractivity contribution is 0.547. The Morgan fingerprint density at radius 2 is 0.318 bits per heavy atom. The summed E-state index contributed by atoms with van der Waals surface area (Å²) < 4.78 is 0. The maximum atomic E-state index is 4.39. The van der Waals surface area contributed by atoms with Crippen LogP contribution in [-0.2, 0) is 32.1 Å². The highest BCUT2D eigenvalue weighted by atomic mass is 14.2. The maximum Gasteiger partial charge on any atom is -0.0108 e. The van der Waals surface area contributed by atoms with Crippen molar-refractivity contribution in [1.82, 2.24) is 0 Å². The van der Waals surface area contributed by atoms with Gasteiger partial charge in [-0.1, -0.05) is 324 Å². The molecule has 1 aromatic carbocycles. The molecule has 0 bridgehead atoms. The van der Waals surface area contributed by atoms with E-state index in [-0.39, 0.29) is 0 Å². The van der Waals surface area contributed by atoms with Crippen LogP contribution in [-0.4, -0.2) is 0 Å². The van der Waals surface area contributed by atoms with E-state index < -0.39 is 0 Å². The van der Waals surface area contributed by atoms with Gasteiger partial charge in [0.15, 0.2) is 0 Å². The topological polar surface area (TPSA) is 0 Å². The van der Waals surface area contributed by atoms with Crippen LogP contribution < -0.4 is 0 Å². The predicted octanol–water partition coefficient (Wildman–Crippen LogP) is 23.8. The lowest BCUT2D eigenvalue weighted by Crippen LogP contribution is -2.11. The Balaban J connectivity index is 3.26. The highest BCUT2D eigenvalue weighted by Crippen LogP contribution is 2.32. The lowest BCUT2D eigenvalue weighted by atomic mass is 9.81. The second-order valence-corrected chi connectivity index (χ2v) is 22.2. The molecular weight excluding hydrogens is 793 g/mol. The Morgan fingerprint density at radius 1 is 0.167 bits per heavy atom. The average Bonchev–Trinajstić information content (AvgIpc) is 3.32. The smallest absolute Gasteiger partial charge is 0.0108 e. The summed E-state index contributed by atoms with van der Waals surface area (Å²) in [5.41, 5.74) is 8.93. The van der Waals surface area contributed by atoms with Crippen LogP contribution >= 0.6 is 0 Å². The van der Waals surface area contributed by atoms with E-state index in [1.54, 1.807) is 11.1 Å². The third-order valence-corrected chi connectivity index (χ3v) is 15.7. The van der Waals surface area contributed by atoms with Crippen LogP contribution in [0.3, 0.4) is 0 Å². The van der Waals surface area contributed by atoms with Gasteiger partial charge in [0, 0.05) is 0 Å². The van der Waals surface area contributed by atoms with Crippen LogP contribution in [0, 0.1) is 6.07 Å². The van der Waals surface area contributed by atoms with Crippen molar-refractivity contribution in [2.45, 2.75) is 388 Å². The zero-order chi connectivity index (χ0) is 47.5. The minimum Gasteiger partial charge on any atom is -0.0654 e. The molecule has 66 heavy (non-hydrogen) atoms. The van der Waals surface area contributed by atoms with E-state index in [4.69, 9.17) is 0 Å². The van der Waals surface area contributed by atoms with Gasteiger partial charge in [-0.15, -0.1) is 0 Å². The normalized spacial score (nSPS) is 11.7.